The van der Waals surface area contributed by atoms with Gasteiger partial charge >= 0.3 is 5.97 Å². The minimum Gasteiger partial charge on any atom is -0.495 e. The van der Waals surface area contributed by atoms with E-state index >= 15 is 0 Å². The minimum atomic E-state index is -0.563. The van der Waals surface area contributed by atoms with Crippen LogP contribution in [0.4, 0.5) is 5.69 Å². The van der Waals surface area contributed by atoms with Gasteiger partial charge in [0.2, 0.25) is 0 Å². The Hall–Kier alpha value is -3.48. The molecular weight excluding hydrogens is 396 g/mol. The number of esters is 1. The Bertz CT molecular complexity index is 920. The highest BCUT2D eigenvalue weighted by atomic mass is 16.5. The third-order valence-corrected chi connectivity index (χ3v) is 5.01. The molecule has 164 valence electrons. The molecule has 2 aromatic rings. The molecule has 1 amide bonds. The molecule has 0 atom stereocenters. The van der Waals surface area contributed by atoms with E-state index in [9.17, 15) is 9.59 Å². The first-order valence-electron chi connectivity index (χ1n) is 10.3. The van der Waals surface area contributed by atoms with Crippen molar-refractivity contribution >= 4 is 23.6 Å². The third kappa shape index (κ3) is 6.01. The van der Waals surface area contributed by atoms with Crippen molar-refractivity contribution in [2.45, 2.75) is 6.92 Å². The van der Waals surface area contributed by atoms with Crippen LogP contribution < -0.4 is 14.4 Å². The lowest BCUT2D eigenvalue weighted by atomic mass is 10.2. The number of methoxy groups -OCH3 is 1. The van der Waals surface area contributed by atoms with Crippen LogP contribution in [0.1, 0.15) is 12.5 Å². The molecule has 1 heterocycles. The summed E-state index contributed by atoms with van der Waals surface area (Å²) in [6, 6.07) is 15.2. The first-order valence-corrected chi connectivity index (χ1v) is 10.3. The monoisotopic (exact) mass is 424 g/mol. The number of hydrogen-bond donors (Lipinski definition) is 0. The smallest absolute Gasteiger partial charge is 0.331 e. The van der Waals surface area contributed by atoms with Crippen molar-refractivity contribution in [2.24, 2.45) is 0 Å². The number of piperazine rings is 1. The van der Waals surface area contributed by atoms with Gasteiger partial charge in [0.25, 0.3) is 5.91 Å². The Balaban J connectivity index is 1.47. The van der Waals surface area contributed by atoms with Crippen molar-refractivity contribution in [3.8, 4) is 11.5 Å². The molecule has 1 saturated heterocycles. The summed E-state index contributed by atoms with van der Waals surface area (Å²) in [4.78, 5) is 28.4. The average molecular weight is 424 g/mol. The molecule has 1 aliphatic heterocycles. The summed E-state index contributed by atoms with van der Waals surface area (Å²) in [5.41, 5.74) is 1.79. The van der Waals surface area contributed by atoms with Crippen LogP contribution >= 0.6 is 0 Å². The number of rotatable bonds is 8. The predicted molar refractivity (Wildman–Crippen MR) is 119 cm³/mol. The molecule has 0 bridgehead atoms. The first-order chi connectivity index (χ1) is 15.1. The summed E-state index contributed by atoms with van der Waals surface area (Å²) in [5, 5.41) is 0. The lowest BCUT2D eigenvalue weighted by Crippen LogP contribution is -2.50. The molecule has 0 spiro atoms. The second-order valence-corrected chi connectivity index (χ2v) is 6.95. The van der Waals surface area contributed by atoms with Crippen molar-refractivity contribution in [1.29, 1.82) is 0 Å². The molecule has 0 unspecified atom stereocenters. The van der Waals surface area contributed by atoms with Gasteiger partial charge in [0, 0.05) is 37.8 Å². The molecule has 1 aliphatic rings. The maximum Gasteiger partial charge on any atom is 0.331 e. The number of ether oxygens (including phenoxy) is 3. The number of benzene rings is 2. The summed E-state index contributed by atoms with van der Waals surface area (Å²) in [5.74, 6) is 0.746. The van der Waals surface area contributed by atoms with E-state index < -0.39 is 5.97 Å². The van der Waals surface area contributed by atoms with Crippen LogP contribution in [0.3, 0.4) is 0 Å². The van der Waals surface area contributed by atoms with Crippen LogP contribution in [-0.4, -0.2) is 63.3 Å². The number of carbonyl (C=O) groups is 2. The van der Waals surface area contributed by atoms with Crippen LogP contribution in [0.2, 0.25) is 0 Å². The number of anilines is 1. The summed E-state index contributed by atoms with van der Waals surface area (Å²) < 4.78 is 16.1. The molecular formula is C24H28N2O5. The van der Waals surface area contributed by atoms with E-state index in [1.165, 1.54) is 6.08 Å². The van der Waals surface area contributed by atoms with Gasteiger partial charge < -0.3 is 24.0 Å². The van der Waals surface area contributed by atoms with Gasteiger partial charge in [-0.1, -0.05) is 30.3 Å². The summed E-state index contributed by atoms with van der Waals surface area (Å²) in [7, 11) is 1.65. The molecule has 0 saturated carbocycles. The zero-order valence-electron chi connectivity index (χ0n) is 18.0. The normalized spacial score (nSPS) is 13.9. The fourth-order valence-electron chi connectivity index (χ4n) is 3.42. The second-order valence-electron chi connectivity index (χ2n) is 6.95. The van der Waals surface area contributed by atoms with Gasteiger partial charge in [-0.3, -0.25) is 4.79 Å². The Morgan fingerprint density at radius 1 is 0.968 bits per heavy atom. The van der Waals surface area contributed by atoms with E-state index in [4.69, 9.17) is 14.2 Å². The van der Waals surface area contributed by atoms with E-state index in [1.807, 2.05) is 55.5 Å². The minimum absolute atomic E-state index is 0.198. The Kier molecular flexibility index (Phi) is 7.92. The summed E-state index contributed by atoms with van der Waals surface area (Å²) in [6.45, 7) is 4.66. The molecule has 0 aromatic heterocycles. The van der Waals surface area contributed by atoms with E-state index in [2.05, 4.69) is 4.90 Å². The zero-order valence-corrected chi connectivity index (χ0v) is 18.0. The van der Waals surface area contributed by atoms with Gasteiger partial charge in [-0.25, -0.2) is 4.79 Å². The van der Waals surface area contributed by atoms with Crippen LogP contribution in [0.25, 0.3) is 6.08 Å². The maximum atomic E-state index is 12.4. The van der Waals surface area contributed by atoms with Crippen molar-refractivity contribution in [3.63, 3.8) is 0 Å². The summed E-state index contributed by atoms with van der Waals surface area (Å²) in [6.07, 6.45) is 2.94. The number of hydrogen-bond acceptors (Lipinski definition) is 6. The average Bonchev–Trinajstić information content (AvgIpc) is 2.82. The van der Waals surface area contributed by atoms with Crippen LogP contribution in [0, 0.1) is 0 Å². The molecule has 7 heteroatoms. The Morgan fingerprint density at radius 2 is 1.65 bits per heavy atom. The van der Waals surface area contributed by atoms with Gasteiger partial charge in [0.05, 0.1) is 19.4 Å². The van der Waals surface area contributed by atoms with Gasteiger partial charge in [-0.15, -0.1) is 0 Å². The SMILES string of the molecule is CCOc1ccccc1/C=C/C(=O)OCC(=O)N1CCN(c2ccccc2OC)CC1. The van der Waals surface area contributed by atoms with Crippen molar-refractivity contribution in [2.75, 3.05) is 51.4 Å². The van der Waals surface area contributed by atoms with E-state index in [1.54, 1.807) is 18.1 Å². The first kappa shape index (κ1) is 22.2. The fraction of sp³-hybridized carbons (Fsp3) is 0.333. The molecule has 0 radical (unpaired) electrons. The number of amides is 1. The van der Waals surface area contributed by atoms with E-state index in [0.717, 1.165) is 17.0 Å². The quantitative estimate of drug-likeness (QED) is 0.479. The number of carbonyl (C=O) groups excluding carboxylic acids is 2. The molecule has 31 heavy (non-hydrogen) atoms. The van der Waals surface area contributed by atoms with Crippen LogP contribution in [0.5, 0.6) is 11.5 Å². The van der Waals surface area contributed by atoms with E-state index in [0.29, 0.717) is 38.5 Å². The highest BCUT2D eigenvalue weighted by Crippen LogP contribution is 2.28. The van der Waals surface area contributed by atoms with Gasteiger partial charge in [-0.05, 0) is 31.2 Å². The molecule has 1 fully saturated rings. The van der Waals surface area contributed by atoms with Crippen molar-refractivity contribution < 1.29 is 23.8 Å². The van der Waals surface area contributed by atoms with Gasteiger partial charge in [-0.2, -0.15) is 0 Å². The standard InChI is InChI=1S/C24H28N2O5/c1-3-30-21-10-6-4-8-19(21)12-13-24(28)31-18-23(27)26-16-14-25(15-17-26)20-9-5-7-11-22(20)29-2/h4-13H,3,14-18H2,1-2H3/b13-12+. The highest BCUT2D eigenvalue weighted by Gasteiger charge is 2.23. The van der Waals surface area contributed by atoms with Gasteiger partial charge in [0.15, 0.2) is 6.61 Å². The predicted octanol–water partition coefficient (Wildman–Crippen LogP) is 3.00. The molecule has 0 aliphatic carbocycles. The molecule has 0 N–H and O–H groups in total. The molecule has 3 rings (SSSR count). The van der Waals surface area contributed by atoms with Gasteiger partial charge in [0.1, 0.15) is 11.5 Å². The third-order valence-electron chi connectivity index (χ3n) is 5.01. The van der Waals surface area contributed by atoms with Crippen molar-refractivity contribution in [3.05, 3.63) is 60.2 Å². The van der Waals surface area contributed by atoms with Crippen LogP contribution in [-0.2, 0) is 14.3 Å². The highest BCUT2D eigenvalue weighted by molar-refractivity contribution is 5.89. The number of para-hydroxylation sites is 3. The zero-order chi connectivity index (χ0) is 22.1. The van der Waals surface area contributed by atoms with E-state index in [-0.39, 0.29) is 12.5 Å². The second kappa shape index (κ2) is 11.1. The fourth-order valence-corrected chi connectivity index (χ4v) is 3.42. The number of nitrogens with zero attached hydrogens (tertiary/aromatic N) is 2. The molecule has 7 nitrogen and oxygen atoms in total. The lowest BCUT2D eigenvalue weighted by Gasteiger charge is -2.36. The Morgan fingerprint density at radius 3 is 2.35 bits per heavy atom. The maximum absolute atomic E-state index is 12.4. The topological polar surface area (TPSA) is 68.3 Å². The van der Waals surface area contributed by atoms with Crippen molar-refractivity contribution in [1.82, 2.24) is 4.90 Å². The molecule has 2 aromatic carbocycles. The lowest BCUT2D eigenvalue weighted by molar-refractivity contribution is -0.148. The summed E-state index contributed by atoms with van der Waals surface area (Å²) >= 11 is 0. The largest absolute Gasteiger partial charge is 0.495 e. The van der Waals surface area contributed by atoms with Crippen LogP contribution in [0.15, 0.2) is 54.6 Å². The Labute approximate surface area is 182 Å².